The predicted octanol–water partition coefficient (Wildman–Crippen LogP) is 2.51. The summed E-state index contributed by atoms with van der Waals surface area (Å²) in [5.41, 5.74) is 3.85. The SMILES string of the molecule is COC1=CC=C2C3N(C)C34Cc3ccc(OC)c(O)c3C2(C1)C4. The average molecular weight is 311 g/mol. The molecule has 1 aromatic carbocycles. The van der Waals surface area contributed by atoms with Crippen molar-refractivity contribution in [1.29, 1.82) is 0 Å². The lowest BCUT2D eigenvalue weighted by Crippen LogP contribution is -2.40. The molecule has 1 aliphatic heterocycles. The van der Waals surface area contributed by atoms with Crippen LogP contribution in [0.2, 0.25) is 0 Å². The van der Waals surface area contributed by atoms with Crippen molar-refractivity contribution in [3.05, 3.63) is 46.7 Å². The van der Waals surface area contributed by atoms with Crippen LogP contribution >= 0.6 is 0 Å². The fraction of sp³-hybridized carbons (Fsp3) is 0.474. The second-order valence-corrected chi connectivity index (χ2v) is 7.34. The van der Waals surface area contributed by atoms with E-state index in [1.165, 1.54) is 11.1 Å². The van der Waals surface area contributed by atoms with Crippen LogP contribution in [0.3, 0.4) is 0 Å². The summed E-state index contributed by atoms with van der Waals surface area (Å²) in [6, 6.07) is 4.52. The number of nitrogens with zero attached hydrogens (tertiary/aromatic N) is 1. The predicted molar refractivity (Wildman–Crippen MR) is 86.7 cm³/mol. The first-order chi connectivity index (χ1) is 11.1. The van der Waals surface area contributed by atoms with Gasteiger partial charge in [0.1, 0.15) is 0 Å². The van der Waals surface area contributed by atoms with E-state index < -0.39 is 0 Å². The van der Waals surface area contributed by atoms with Gasteiger partial charge in [-0.1, -0.05) is 12.1 Å². The van der Waals surface area contributed by atoms with E-state index in [0.717, 1.165) is 30.6 Å². The van der Waals surface area contributed by atoms with Crippen LogP contribution in [0.5, 0.6) is 11.5 Å². The van der Waals surface area contributed by atoms with E-state index in [1.807, 2.05) is 6.07 Å². The maximum Gasteiger partial charge on any atom is 0.162 e. The highest BCUT2D eigenvalue weighted by molar-refractivity contribution is 5.67. The Kier molecular flexibility index (Phi) is 2.31. The molecule has 1 saturated heterocycles. The minimum absolute atomic E-state index is 0.135. The number of allylic oxidation sites excluding steroid dienone is 3. The molecule has 4 atom stereocenters. The van der Waals surface area contributed by atoms with Crippen molar-refractivity contribution in [3.63, 3.8) is 0 Å². The number of piperidine rings is 1. The minimum Gasteiger partial charge on any atom is -0.504 e. The van der Waals surface area contributed by atoms with Crippen molar-refractivity contribution in [2.75, 3.05) is 21.3 Å². The lowest BCUT2D eigenvalue weighted by Gasteiger charge is -2.43. The Balaban J connectivity index is 1.78. The van der Waals surface area contributed by atoms with E-state index >= 15 is 0 Å². The highest BCUT2D eigenvalue weighted by Gasteiger charge is 2.75. The summed E-state index contributed by atoms with van der Waals surface area (Å²) < 4.78 is 10.9. The van der Waals surface area contributed by atoms with E-state index in [4.69, 9.17) is 9.47 Å². The van der Waals surface area contributed by atoms with Gasteiger partial charge in [-0.15, -0.1) is 0 Å². The molecule has 4 heteroatoms. The summed E-state index contributed by atoms with van der Waals surface area (Å²) in [6.45, 7) is 0. The molecule has 4 aliphatic rings. The first-order valence-corrected chi connectivity index (χ1v) is 8.15. The molecule has 2 spiro atoms. The third-order valence-corrected chi connectivity index (χ3v) is 6.60. The molecule has 5 rings (SSSR count). The molecule has 1 saturated carbocycles. The van der Waals surface area contributed by atoms with Crippen LogP contribution in [0.1, 0.15) is 24.0 Å². The van der Waals surface area contributed by atoms with Gasteiger partial charge in [0.15, 0.2) is 11.5 Å². The quantitative estimate of drug-likeness (QED) is 0.852. The Morgan fingerprint density at radius 1 is 1.17 bits per heavy atom. The van der Waals surface area contributed by atoms with Crippen molar-refractivity contribution >= 4 is 0 Å². The van der Waals surface area contributed by atoms with E-state index in [1.54, 1.807) is 14.2 Å². The van der Waals surface area contributed by atoms with Crippen LogP contribution in [0.15, 0.2) is 35.6 Å². The number of phenolic OH excluding ortho intramolecular Hbond substituents is 1. The maximum absolute atomic E-state index is 10.9. The second-order valence-electron chi connectivity index (χ2n) is 7.34. The van der Waals surface area contributed by atoms with Crippen molar-refractivity contribution < 1.29 is 14.6 Å². The number of likely N-dealkylation sites (N-methyl/N-ethyl adjacent to an activating group) is 1. The highest BCUT2D eigenvalue weighted by Crippen LogP contribution is 2.71. The first-order valence-electron chi connectivity index (χ1n) is 8.15. The number of methoxy groups -OCH3 is 2. The molecule has 3 aliphatic carbocycles. The Bertz CT molecular complexity index is 796. The molecule has 0 aromatic heterocycles. The van der Waals surface area contributed by atoms with E-state index in [0.29, 0.717) is 17.5 Å². The molecule has 2 fully saturated rings. The second kappa shape index (κ2) is 3.93. The highest BCUT2D eigenvalue weighted by atomic mass is 16.5. The van der Waals surface area contributed by atoms with Crippen LogP contribution < -0.4 is 4.74 Å². The van der Waals surface area contributed by atoms with Crippen LogP contribution in [-0.4, -0.2) is 42.9 Å². The lowest BCUT2D eigenvalue weighted by molar-refractivity contribution is 0.226. The molecule has 1 heterocycles. The normalized spacial score (nSPS) is 38.7. The standard InChI is InChI=1S/C19H21NO3/c1-20-17-13-6-5-12(22-2)9-18(13)10-19(17,20)8-11-4-7-14(23-3)16(21)15(11)18/h4-7,17,21H,8-10H2,1-3H3. The molecule has 0 radical (unpaired) electrons. The third-order valence-electron chi connectivity index (χ3n) is 6.60. The van der Waals surface area contributed by atoms with Crippen LogP contribution in [-0.2, 0) is 16.6 Å². The van der Waals surface area contributed by atoms with Crippen LogP contribution in [0, 0.1) is 0 Å². The Labute approximate surface area is 136 Å². The molecule has 4 unspecified atom stereocenters. The third kappa shape index (κ3) is 1.33. The summed E-state index contributed by atoms with van der Waals surface area (Å²) >= 11 is 0. The van der Waals surface area contributed by atoms with Gasteiger partial charge >= 0.3 is 0 Å². The maximum atomic E-state index is 10.9. The van der Waals surface area contributed by atoms with Crippen LogP contribution in [0.25, 0.3) is 0 Å². The number of fused-ring (bicyclic) bond motifs is 2. The summed E-state index contributed by atoms with van der Waals surface area (Å²) in [7, 11) is 5.56. The zero-order valence-electron chi connectivity index (χ0n) is 13.7. The van der Waals surface area contributed by atoms with Crippen molar-refractivity contribution in [1.82, 2.24) is 4.90 Å². The number of ether oxygens (including phenoxy) is 2. The number of benzene rings is 1. The van der Waals surface area contributed by atoms with Gasteiger partial charge in [-0.05, 0) is 43.2 Å². The van der Waals surface area contributed by atoms with Gasteiger partial charge in [0.2, 0.25) is 0 Å². The van der Waals surface area contributed by atoms with Gasteiger partial charge in [-0.2, -0.15) is 0 Å². The van der Waals surface area contributed by atoms with Crippen LogP contribution in [0.4, 0.5) is 0 Å². The number of aromatic hydroxyl groups is 1. The summed E-state index contributed by atoms with van der Waals surface area (Å²) in [6.07, 6.45) is 7.21. The van der Waals surface area contributed by atoms with E-state index in [-0.39, 0.29) is 11.0 Å². The molecule has 1 N–H and O–H groups in total. The summed E-state index contributed by atoms with van der Waals surface area (Å²) in [5.74, 6) is 1.87. The average Bonchev–Trinajstić information content (AvgIpc) is 2.98. The molecule has 23 heavy (non-hydrogen) atoms. The fourth-order valence-electron chi connectivity index (χ4n) is 5.62. The number of likely N-dealkylation sites (tertiary alicyclic amines) is 1. The van der Waals surface area contributed by atoms with Gasteiger partial charge in [0, 0.05) is 22.9 Å². The van der Waals surface area contributed by atoms with E-state index in [9.17, 15) is 5.11 Å². The van der Waals surface area contributed by atoms with Crippen molar-refractivity contribution in [3.8, 4) is 11.5 Å². The minimum atomic E-state index is -0.135. The smallest absolute Gasteiger partial charge is 0.162 e. The van der Waals surface area contributed by atoms with E-state index in [2.05, 4.69) is 30.2 Å². The molecule has 1 aromatic rings. The lowest BCUT2D eigenvalue weighted by atomic mass is 9.64. The molecular formula is C19H21NO3. The Morgan fingerprint density at radius 2 is 2.00 bits per heavy atom. The van der Waals surface area contributed by atoms with Gasteiger partial charge in [-0.3, -0.25) is 4.90 Å². The number of phenols is 1. The summed E-state index contributed by atoms with van der Waals surface area (Å²) in [5, 5.41) is 10.9. The fourth-order valence-corrected chi connectivity index (χ4v) is 5.62. The molecular weight excluding hydrogens is 290 g/mol. The van der Waals surface area contributed by atoms with Crippen molar-refractivity contribution in [2.45, 2.75) is 36.3 Å². The van der Waals surface area contributed by atoms with Gasteiger partial charge in [0.25, 0.3) is 0 Å². The monoisotopic (exact) mass is 311 g/mol. The Morgan fingerprint density at radius 3 is 2.74 bits per heavy atom. The molecule has 120 valence electrons. The number of hydrogen-bond acceptors (Lipinski definition) is 4. The number of hydrogen-bond donors (Lipinski definition) is 1. The summed E-state index contributed by atoms with van der Waals surface area (Å²) in [4.78, 5) is 2.49. The zero-order chi connectivity index (χ0) is 16.0. The largest absolute Gasteiger partial charge is 0.504 e. The first kappa shape index (κ1) is 13.5. The van der Waals surface area contributed by atoms with Gasteiger partial charge in [0.05, 0.1) is 26.0 Å². The number of rotatable bonds is 2. The Hall–Kier alpha value is -1.94. The van der Waals surface area contributed by atoms with Gasteiger partial charge < -0.3 is 14.6 Å². The van der Waals surface area contributed by atoms with Crippen molar-refractivity contribution in [2.24, 2.45) is 0 Å². The molecule has 2 bridgehead atoms. The molecule has 0 amide bonds. The molecule has 4 nitrogen and oxygen atoms in total. The zero-order valence-corrected chi connectivity index (χ0v) is 13.7. The topological polar surface area (TPSA) is 41.7 Å². The van der Waals surface area contributed by atoms with Gasteiger partial charge in [-0.25, -0.2) is 0 Å².